The Hall–Kier alpha value is -1.66. The number of nitrogens with one attached hydrogen (secondary N) is 1. The molecule has 0 heterocycles. The quantitative estimate of drug-likeness (QED) is 0.390. The molecule has 0 aromatic heterocycles. The maximum atomic E-state index is 13.3. The summed E-state index contributed by atoms with van der Waals surface area (Å²) in [5, 5.41) is 0. The van der Waals surface area contributed by atoms with Gasteiger partial charge in [0.15, 0.2) is 11.6 Å². The molecule has 16 heavy (non-hydrogen) atoms. The summed E-state index contributed by atoms with van der Waals surface area (Å²) < 4.78 is 18.1. The van der Waals surface area contributed by atoms with Crippen molar-refractivity contribution in [2.24, 2.45) is 11.6 Å². The second kappa shape index (κ2) is 5.43. The van der Waals surface area contributed by atoms with E-state index in [1.807, 2.05) is 5.43 Å². The van der Waals surface area contributed by atoms with Crippen LogP contribution in [0.3, 0.4) is 0 Å². The van der Waals surface area contributed by atoms with Crippen molar-refractivity contribution in [3.05, 3.63) is 29.6 Å². The lowest BCUT2D eigenvalue weighted by Crippen LogP contribution is -2.32. The normalized spacial score (nSPS) is 12.0. The van der Waals surface area contributed by atoms with Crippen LogP contribution in [0.25, 0.3) is 0 Å². The monoisotopic (exact) mass is 227 g/mol. The molecule has 5 N–H and O–H groups in total. The molecular weight excluding hydrogens is 213 g/mol. The molecular formula is C10H14FN3O2. The van der Waals surface area contributed by atoms with Crippen LogP contribution >= 0.6 is 0 Å². The highest BCUT2D eigenvalue weighted by atomic mass is 19.1. The van der Waals surface area contributed by atoms with Crippen LogP contribution in [0.1, 0.15) is 18.0 Å². The summed E-state index contributed by atoms with van der Waals surface area (Å²) in [7, 11) is 1.37. The Labute approximate surface area is 92.5 Å². The van der Waals surface area contributed by atoms with Crippen LogP contribution in [0.4, 0.5) is 4.39 Å². The molecule has 0 bridgehead atoms. The molecule has 1 aromatic carbocycles. The van der Waals surface area contributed by atoms with Crippen molar-refractivity contribution in [2.75, 3.05) is 7.11 Å². The predicted molar refractivity (Wildman–Crippen MR) is 56.8 cm³/mol. The third kappa shape index (κ3) is 2.91. The van der Waals surface area contributed by atoms with Crippen molar-refractivity contribution < 1.29 is 13.9 Å². The number of rotatable bonds is 4. The van der Waals surface area contributed by atoms with E-state index < -0.39 is 17.8 Å². The topological polar surface area (TPSA) is 90.4 Å². The number of hydrogen-bond donors (Lipinski definition) is 3. The van der Waals surface area contributed by atoms with Gasteiger partial charge in [-0.15, -0.1) is 0 Å². The molecule has 0 radical (unpaired) electrons. The van der Waals surface area contributed by atoms with Gasteiger partial charge in [0.2, 0.25) is 5.91 Å². The van der Waals surface area contributed by atoms with Crippen molar-refractivity contribution in [3.8, 4) is 5.75 Å². The summed E-state index contributed by atoms with van der Waals surface area (Å²) in [6.07, 6.45) is 0.00225. The summed E-state index contributed by atoms with van der Waals surface area (Å²) in [4.78, 5) is 11.0. The lowest BCUT2D eigenvalue weighted by molar-refractivity contribution is -0.121. The van der Waals surface area contributed by atoms with E-state index in [1.165, 1.54) is 19.2 Å². The van der Waals surface area contributed by atoms with Crippen molar-refractivity contribution in [1.29, 1.82) is 0 Å². The Bertz CT molecular complexity index is 384. The predicted octanol–water partition coefficient (Wildman–Crippen LogP) is 0.214. The largest absolute Gasteiger partial charge is 0.494 e. The summed E-state index contributed by atoms with van der Waals surface area (Å²) in [5.74, 6) is 4.15. The molecule has 1 aromatic rings. The van der Waals surface area contributed by atoms with E-state index >= 15 is 0 Å². The first kappa shape index (κ1) is 12.4. The zero-order valence-electron chi connectivity index (χ0n) is 8.87. The number of carbonyl (C=O) groups is 1. The van der Waals surface area contributed by atoms with Gasteiger partial charge in [-0.1, -0.05) is 6.07 Å². The number of carbonyl (C=O) groups excluding carboxylic acids is 1. The van der Waals surface area contributed by atoms with E-state index in [0.29, 0.717) is 5.56 Å². The van der Waals surface area contributed by atoms with Crippen LogP contribution < -0.4 is 21.7 Å². The highest BCUT2D eigenvalue weighted by Gasteiger charge is 2.13. The van der Waals surface area contributed by atoms with Gasteiger partial charge in [0.25, 0.3) is 0 Å². The Balaban J connectivity index is 2.80. The highest BCUT2D eigenvalue weighted by Crippen LogP contribution is 2.22. The minimum atomic E-state index is -0.594. The van der Waals surface area contributed by atoms with Crippen molar-refractivity contribution in [2.45, 2.75) is 12.5 Å². The van der Waals surface area contributed by atoms with Crippen molar-refractivity contribution in [3.63, 3.8) is 0 Å². The lowest BCUT2D eigenvalue weighted by Gasteiger charge is -2.12. The first-order chi connectivity index (χ1) is 7.58. The second-order valence-electron chi connectivity index (χ2n) is 3.27. The molecule has 0 aliphatic heterocycles. The molecule has 0 aliphatic carbocycles. The van der Waals surface area contributed by atoms with Crippen LogP contribution in [0.15, 0.2) is 18.2 Å². The maximum Gasteiger partial charge on any atom is 0.235 e. The molecule has 1 rings (SSSR count). The first-order valence-electron chi connectivity index (χ1n) is 4.67. The van der Waals surface area contributed by atoms with Crippen LogP contribution in [0.5, 0.6) is 5.75 Å². The first-order valence-corrected chi connectivity index (χ1v) is 4.67. The number of methoxy groups -OCH3 is 1. The molecule has 6 heteroatoms. The molecule has 5 nitrogen and oxygen atoms in total. The number of nitrogens with two attached hydrogens (primary N) is 2. The third-order valence-electron chi connectivity index (χ3n) is 2.17. The molecule has 0 saturated heterocycles. The van der Waals surface area contributed by atoms with Gasteiger partial charge in [-0.3, -0.25) is 10.2 Å². The van der Waals surface area contributed by atoms with Gasteiger partial charge < -0.3 is 10.5 Å². The summed E-state index contributed by atoms with van der Waals surface area (Å²) >= 11 is 0. The van der Waals surface area contributed by atoms with Gasteiger partial charge in [0.05, 0.1) is 7.11 Å². The van der Waals surface area contributed by atoms with Crippen LogP contribution in [-0.2, 0) is 4.79 Å². The van der Waals surface area contributed by atoms with Crippen LogP contribution in [-0.4, -0.2) is 13.0 Å². The van der Waals surface area contributed by atoms with Crippen molar-refractivity contribution >= 4 is 5.91 Å². The Morgan fingerprint density at radius 3 is 2.81 bits per heavy atom. The SMILES string of the molecule is COc1ccc(C(N)CC(=O)NN)cc1F. The Morgan fingerprint density at radius 1 is 1.62 bits per heavy atom. The lowest BCUT2D eigenvalue weighted by atomic mass is 10.0. The van der Waals surface area contributed by atoms with Gasteiger partial charge in [-0.2, -0.15) is 0 Å². The van der Waals surface area contributed by atoms with Gasteiger partial charge in [-0.25, -0.2) is 10.2 Å². The fourth-order valence-electron chi connectivity index (χ4n) is 1.29. The highest BCUT2D eigenvalue weighted by molar-refractivity contribution is 5.76. The molecule has 0 spiro atoms. The van der Waals surface area contributed by atoms with Gasteiger partial charge >= 0.3 is 0 Å². The smallest absolute Gasteiger partial charge is 0.235 e. The molecule has 1 unspecified atom stereocenters. The minimum absolute atomic E-state index is 0.00225. The average molecular weight is 227 g/mol. The zero-order valence-corrected chi connectivity index (χ0v) is 8.87. The minimum Gasteiger partial charge on any atom is -0.494 e. The average Bonchev–Trinajstić information content (AvgIpc) is 2.28. The third-order valence-corrected chi connectivity index (χ3v) is 2.17. The maximum absolute atomic E-state index is 13.3. The van der Waals surface area contributed by atoms with Crippen molar-refractivity contribution in [1.82, 2.24) is 5.43 Å². The van der Waals surface area contributed by atoms with Gasteiger partial charge in [0.1, 0.15) is 0 Å². The van der Waals surface area contributed by atoms with E-state index in [-0.39, 0.29) is 12.2 Å². The van der Waals surface area contributed by atoms with Gasteiger partial charge in [-0.05, 0) is 17.7 Å². The second-order valence-corrected chi connectivity index (χ2v) is 3.27. The summed E-state index contributed by atoms with van der Waals surface area (Å²) in [6.45, 7) is 0. The number of hydrogen-bond acceptors (Lipinski definition) is 4. The van der Waals surface area contributed by atoms with Gasteiger partial charge in [0, 0.05) is 12.5 Å². The van der Waals surface area contributed by atoms with E-state index in [0.717, 1.165) is 0 Å². The standard InChI is InChI=1S/C10H14FN3O2/c1-16-9-3-2-6(4-7(9)11)8(12)5-10(15)14-13/h2-4,8H,5,12-13H2,1H3,(H,14,15). The Morgan fingerprint density at radius 2 is 2.31 bits per heavy atom. The molecule has 0 fully saturated rings. The van der Waals surface area contributed by atoms with E-state index in [4.69, 9.17) is 16.3 Å². The molecule has 0 aliphatic rings. The fraction of sp³-hybridized carbons (Fsp3) is 0.300. The summed E-state index contributed by atoms with van der Waals surface area (Å²) in [6, 6.07) is 3.72. The molecule has 1 amide bonds. The van der Waals surface area contributed by atoms with E-state index in [2.05, 4.69) is 0 Å². The Kier molecular flexibility index (Phi) is 4.21. The summed E-state index contributed by atoms with van der Waals surface area (Å²) in [5.41, 5.74) is 8.19. The van der Waals surface area contributed by atoms with Crippen LogP contribution in [0.2, 0.25) is 0 Å². The molecule has 1 atom stereocenters. The van der Waals surface area contributed by atoms with Crippen LogP contribution in [0, 0.1) is 5.82 Å². The number of halogens is 1. The number of benzene rings is 1. The number of ether oxygens (including phenoxy) is 1. The van der Waals surface area contributed by atoms with E-state index in [1.54, 1.807) is 6.07 Å². The molecule has 0 saturated carbocycles. The number of amides is 1. The fourth-order valence-corrected chi connectivity index (χ4v) is 1.29. The zero-order chi connectivity index (χ0) is 12.1. The number of hydrazine groups is 1. The van der Waals surface area contributed by atoms with E-state index in [9.17, 15) is 9.18 Å². The molecule has 88 valence electrons.